The van der Waals surface area contributed by atoms with E-state index >= 15 is 0 Å². The zero-order valence-electron chi connectivity index (χ0n) is 18.6. The Hall–Kier alpha value is -2.46. The van der Waals surface area contributed by atoms with Gasteiger partial charge in [0.25, 0.3) is 5.91 Å². The van der Waals surface area contributed by atoms with Crippen LogP contribution in [0.2, 0.25) is 0 Å². The number of carbonyl (C=O) groups is 3. The topological polar surface area (TPSA) is 73.8 Å². The molecule has 0 spiro atoms. The summed E-state index contributed by atoms with van der Waals surface area (Å²) in [6.07, 6.45) is 2.49. The minimum atomic E-state index is -0.208. The molecular formula is C23H25ClN4O3S2. The van der Waals surface area contributed by atoms with E-state index in [1.807, 2.05) is 37.4 Å². The van der Waals surface area contributed by atoms with Gasteiger partial charge in [-0.05, 0) is 62.8 Å². The lowest BCUT2D eigenvalue weighted by molar-refractivity contribution is -0.121. The number of thioether (sulfide) groups is 1. The minimum absolute atomic E-state index is 0. The van der Waals surface area contributed by atoms with E-state index in [0.29, 0.717) is 29.5 Å². The smallest absolute Gasteiger partial charge is 0.260 e. The first-order valence-electron chi connectivity index (χ1n) is 10.2. The zero-order chi connectivity index (χ0) is 22.8. The molecule has 1 saturated heterocycles. The molecule has 0 N–H and O–H groups in total. The number of fused-ring (bicyclic) bond motifs is 1. The fraction of sp³-hybridized carbons (Fsp3) is 0.304. The average molecular weight is 505 g/mol. The SMILES string of the molecule is CSc1ccc2nc(N(CCN(C)C)C(=O)c3ccc(N4C(=O)CCC4=O)cc3)sc2c1.Cl. The van der Waals surface area contributed by atoms with Gasteiger partial charge in [0.05, 0.1) is 15.9 Å². The van der Waals surface area contributed by atoms with Crippen LogP contribution < -0.4 is 9.80 Å². The number of amides is 3. The molecule has 0 saturated carbocycles. The Morgan fingerprint density at radius 3 is 2.33 bits per heavy atom. The van der Waals surface area contributed by atoms with E-state index in [2.05, 4.69) is 6.07 Å². The molecule has 1 aromatic heterocycles. The summed E-state index contributed by atoms with van der Waals surface area (Å²) in [7, 11) is 3.93. The minimum Gasteiger partial charge on any atom is -0.308 e. The van der Waals surface area contributed by atoms with Crippen molar-refractivity contribution in [2.45, 2.75) is 17.7 Å². The van der Waals surface area contributed by atoms with Gasteiger partial charge in [0, 0.05) is 36.4 Å². The number of hydrogen-bond donors (Lipinski definition) is 0. The highest BCUT2D eigenvalue weighted by Gasteiger charge is 2.30. The summed E-state index contributed by atoms with van der Waals surface area (Å²) >= 11 is 3.17. The standard InChI is InChI=1S/C23H24N4O3S2.ClH/c1-25(2)12-13-26(23-24-18-9-8-17(31-3)14-19(18)32-23)22(30)15-4-6-16(7-5-15)27-20(28)10-11-21(27)29;/h4-9,14H,10-13H2,1-3H3;1H. The maximum atomic E-state index is 13.4. The number of benzene rings is 2. The number of rotatable bonds is 7. The predicted molar refractivity (Wildman–Crippen MR) is 137 cm³/mol. The number of hydrogen-bond acceptors (Lipinski definition) is 7. The summed E-state index contributed by atoms with van der Waals surface area (Å²) < 4.78 is 1.04. The lowest BCUT2D eigenvalue weighted by Crippen LogP contribution is -2.36. The van der Waals surface area contributed by atoms with Gasteiger partial charge >= 0.3 is 0 Å². The maximum absolute atomic E-state index is 13.4. The Labute approximate surface area is 207 Å². The summed E-state index contributed by atoms with van der Waals surface area (Å²) in [6.45, 7) is 1.18. The molecule has 3 amide bonds. The molecule has 0 aliphatic carbocycles. The van der Waals surface area contributed by atoms with E-state index in [0.717, 1.165) is 15.1 Å². The molecule has 33 heavy (non-hydrogen) atoms. The first-order valence-corrected chi connectivity index (χ1v) is 12.3. The molecule has 4 rings (SSSR count). The van der Waals surface area contributed by atoms with Crippen molar-refractivity contribution in [3.8, 4) is 0 Å². The number of likely N-dealkylation sites (N-methyl/N-ethyl adjacent to an activating group) is 1. The summed E-state index contributed by atoms with van der Waals surface area (Å²) in [4.78, 5) is 48.2. The number of anilines is 2. The highest BCUT2D eigenvalue weighted by Crippen LogP contribution is 2.32. The molecule has 2 aromatic carbocycles. The van der Waals surface area contributed by atoms with Crippen molar-refractivity contribution in [2.24, 2.45) is 0 Å². The quantitative estimate of drug-likeness (QED) is 0.353. The van der Waals surface area contributed by atoms with Crippen LogP contribution in [0, 0.1) is 0 Å². The van der Waals surface area contributed by atoms with Crippen LogP contribution in [0.25, 0.3) is 10.2 Å². The molecule has 0 bridgehead atoms. The third kappa shape index (κ3) is 5.38. The van der Waals surface area contributed by atoms with Crippen LogP contribution in [-0.2, 0) is 9.59 Å². The molecule has 10 heteroatoms. The third-order valence-corrected chi connectivity index (χ3v) is 7.02. The Balaban J connectivity index is 0.00000306. The van der Waals surface area contributed by atoms with E-state index < -0.39 is 0 Å². The highest BCUT2D eigenvalue weighted by molar-refractivity contribution is 7.98. The number of halogens is 1. The summed E-state index contributed by atoms with van der Waals surface area (Å²) in [5.41, 5.74) is 1.85. The Kier molecular flexibility index (Phi) is 8.12. The first-order chi connectivity index (χ1) is 15.4. The summed E-state index contributed by atoms with van der Waals surface area (Å²) in [6, 6.07) is 12.7. The van der Waals surface area contributed by atoms with Crippen molar-refractivity contribution in [3.63, 3.8) is 0 Å². The predicted octanol–water partition coefficient (Wildman–Crippen LogP) is 4.30. The second-order valence-electron chi connectivity index (χ2n) is 7.76. The van der Waals surface area contributed by atoms with Gasteiger partial charge in [-0.2, -0.15) is 0 Å². The van der Waals surface area contributed by atoms with Crippen molar-refractivity contribution in [1.29, 1.82) is 0 Å². The second-order valence-corrected chi connectivity index (χ2v) is 9.65. The summed E-state index contributed by atoms with van der Waals surface area (Å²) in [5, 5.41) is 0.652. The van der Waals surface area contributed by atoms with Crippen LogP contribution >= 0.6 is 35.5 Å². The van der Waals surface area contributed by atoms with Crippen LogP contribution in [0.15, 0.2) is 47.4 Å². The lowest BCUT2D eigenvalue weighted by atomic mass is 10.1. The van der Waals surface area contributed by atoms with Gasteiger partial charge < -0.3 is 4.90 Å². The van der Waals surface area contributed by atoms with E-state index in [4.69, 9.17) is 4.98 Å². The maximum Gasteiger partial charge on any atom is 0.260 e. The molecule has 174 valence electrons. The van der Waals surface area contributed by atoms with Crippen molar-refractivity contribution in [2.75, 3.05) is 43.2 Å². The van der Waals surface area contributed by atoms with E-state index in [1.54, 1.807) is 40.9 Å². The number of nitrogens with zero attached hydrogens (tertiary/aromatic N) is 4. The fourth-order valence-corrected chi connectivity index (χ4v) is 5.04. The molecule has 3 aromatic rings. The van der Waals surface area contributed by atoms with Gasteiger partial charge in [0.1, 0.15) is 0 Å². The van der Waals surface area contributed by atoms with Crippen LogP contribution in [-0.4, -0.2) is 61.0 Å². The average Bonchev–Trinajstić information content (AvgIpc) is 3.35. The van der Waals surface area contributed by atoms with Crippen LogP contribution in [0.3, 0.4) is 0 Å². The van der Waals surface area contributed by atoms with Gasteiger partial charge in [-0.15, -0.1) is 24.2 Å². The van der Waals surface area contributed by atoms with E-state index in [1.165, 1.54) is 16.2 Å². The van der Waals surface area contributed by atoms with Crippen LogP contribution in [0.1, 0.15) is 23.2 Å². The Morgan fingerprint density at radius 2 is 1.73 bits per heavy atom. The fourth-order valence-electron chi connectivity index (χ4n) is 3.49. The molecule has 0 radical (unpaired) electrons. The molecule has 1 aliphatic rings. The molecule has 0 unspecified atom stereocenters. The molecule has 0 atom stereocenters. The first kappa shape index (κ1) is 25.2. The van der Waals surface area contributed by atoms with Crippen molar-refractivity contribution < 1.29 is 14.4 Å². The van der Waals surface area contributed by atoms with Crippen molar-refractivity contribution >= 4 is 74.3 Å². The van der Waals surface area contributed by atoms with Gasteiger partial charge in [-0.3, -0.25) is 24.2 Å². The molecule has 1 fully saturated rings. The monoisotopic (exact) mass is 504 g/mol. The van der Waals surface area contributed by atoms with Crippen LogP contribution in [0.5, 0.6) is 0 Å². The van der Waals surface area contributed by atoms with Gasteiger partial charge in [0.2, 0.25) is 11.8 Å². The van der Waals surface area contributed by atoms with E-state index in [-0.39, 0.29) is 43.0 Å². The normalized spacial score (nSPS) is 13.6. The number of thiazole rings is 1. The number of imide groups is 1. The van der Waals surface area contributed by atoms with Crippen molar-refractivity contribution in [1.82, 2.24) is 9.88 Å². The highest BCUT2D eigenvalue weighted by atomic mass is 35.5. The molecule has 2 heterocycles. The van der Waals surface area contributed by atoms with Crippen LogP contribution in [0.4, 0.5) is 10.8 Å². The zero-order valence-corrected chi connectivity index (χ0v) is 21.1. The van der Waals surface area contributed by atoms with Crippen molar-refractivity contribution in [3.05, 3.63) is 48.0 Å². The Morgan fingerprint density at radius 1 is 1.06 bits per heavy atom. The van der Waals surface area contributed by atoms with Gasteiger partial charge in [-0.25, -0.2) is 4.98 Å². The molecule has 1 aliphatic heterocycles. The second kappa shape index (κ2) is 10.6. The van der Waals surface area contributed by atoms with Gasteiger partial charge in [-0.1, -0.05) is 11.3 Å². The largest absolute Gasteiger partial charge is 0.308 e. The summed E-state index contributed by atoms with van der Waals surface area (Å²) in [5.74, 6) is -0.580. The Bertz CT molecular complexity index is 1160. The molecular weight excluding hydrogens is 480 g/mol. The lowest BCUT2D eigenvalue weighted by Gasteiger charge is -2.22. The number of carbonyl (C=O) groups excluding carboxylic acids is 3. The third-order valence-electron chi connectivity index (χ3n) is 5.26. The van der Waals surface area contributed by atoms with E-state index in [9.17, 15) is 14.4 Å². The number of aromatic nitrogens is 1. The van der Waals surface area contributed by atoms with Gasteiger partial charge in [0.15, 0.2) is 5.13 Å². The molecule has 7 nitrogen and oxygen atoms in total.